The van der Waals surface area contributed by atoms with E-state index in [-0.39, 0.29) is 23.2 Å². The summed E-state index contributed by atoms with van der Waals surface area (Å²) >= 11 is 5.85. The fourth-order valence-electron chi connectivity index (χ4n) is 3.47. The van der Waals surface area contributed by atoms with E-state index >= 15 is 0 Å². The Bertz CT molecular complexity index is 1130. The molecule has 1 N–H and O–H groups in total. The van der Waals surface area contributed by atoms with Crippen LogP contribution in [0.1, 0.15) is 32.3 Å². The summed E-state index contributed by atoms with van der Waals surface area (Å²) in [5.74, 6) is -0.997. The number of rotatable bonds is 12. The van der Waals surface area contributed by atoms with Crippen LogP contribution < -0.4 is 14.4 Å². The molecule has 1 atom stereocenters. The Balaban J connectivity index is 2.43. The average Bonchev–Trinajstić information content (AvgIpc) is 2.82. The topological polar surface area (TPSA) is 96.0 Å². The highest BCUT2D eigenvalue weighted by Crippen LogP contribution is 2.25. The van der Waals surface area contributed by atoms with Crippen molar-refractivity contribution in [3.8, 4) is 5.75 Å². The first-order valence-corrected chi connectivity index (χ1v) is 13.4. The Morgan fingerprint density at radius 1 is 1.14 bits per heavy atom. The summed E-state index contributed by atoms with van der Waals surface area (Å²) in [7, 11) is -2.40. The summed E-state index contributed by atoms with van der Waals surface area (Å²) in [6.45, 7) is 3.62. The van der Waals surface area contributed by atoms with Crippen LogP contribution in [-0.4, -0.2) is 57.6 Å². The molecule has 0 saturated heterocycles. The van der Waals surface area contributed by atoms with Gasteiger partial charge in [0.15, 0.2) is 0 Å². The highest BCUT2D eigenvalue weighted by Gasteiger charge is 2.31. The lowest BCUT2D eigenvalue weighted by Gasteiger charge is -2.33. The second kappa shape index (κ2) is 12.7. The molecule has 2 rings (SSSR count). The van der Waals surface area contributed by atoms with Crippen molar-refractivity contribution in [3.63, 3.8) is 0 Å². The maximum absolute atomic E-state index is 13.7. The van der Waals surface area contributed by atoms with E-state index in [2.05, 4.69) is 5.32 Å². The van der Waals surface area contributed by atoms with Crippen LogP contribution in [0.25, 0.3) is 0 Å². The minimum Gasteiger partial charge on any atom is -0.497 e. The molecule has 0 unspecified atom stereocenters. The summed E-state index contributed by atoms with van der Waals surface area (Å²) in [5, 5.41) is 2.53. The van der Waals surface area contributed by atoms with E-state index in [9.17, 15) is 22.4 Å². The number of hydrogen-bond donors (Lipinski definition) is 1. The molecule has 0 aliphatic carbocycles. The molecule has 0 aliphatic rings. The van der Waals surface area contributed by atoms with Crippen molar-refractivity contribution < 1.29 is 27.1 Å². The van der Waals surface area contributed by atoms with Crippen LogP contribution in [0.4, 0.5) is 10.1 Å². The number of nitrogens with one attached hydrogen (secondary N) is 1. The van der Waals surface area contributed by atoms with Crippen molar-refractivity contribution in [1.29, 1.82) is 0 Å². The van der Waals surface area contributed by atoms with Crippen molar-refractivity contribution in [3.05, 3.63) is 58.9 Å². The molecule has 2 aromatic carbocycles. The van der Waals surface area contributed by atoms with Crippen LogP contribution in [0.5, 0.6) is 5.75 Å². The van der Waals surface area contributed by atoms with Gasteiger partial charge in [0.2, 0.25) is 21.8 Å². The van der Waals surface area contributed by atoms with E-state index < -0.39 is 34.3 Å². The van der Waals surface area contributed by atoms with Gasteiger partial charge in [0.25, 0.3) is 0 Å². The zero-order chi connectivity index (χ0) is 26.2. The number of carbonyl (C=O) groups excluding carboxylic acids is 2. The fourth-order valence-corrected chi connectivity index (χ4v) is 4.48. The summed E-state index contributed by atoms with van der Waals surface area (Å²) in [6, 6.07) is 9.59. The molecule has 11 heteroatoms. The number of anilines is 1. The molecule has 8 nitrogen and oxygen atoms in total. The summed E-state index contributed by atoms with van der Waals surface area (Å²) in [6.07, 6.45) is 1.98. The SMILES string of the molecule is CCCNC(=O)[C@@H](CC)N(Cc1ccc(OC)cc1)C(=O)CN(c1ccc(F)c(Cl)c1)S(C)(=O)=O. The van der Waals surface area contributed by atoms with Gasteiger partial charge in [-0.15, -0.1) is 0 Å². The first-order valence-electron chi connectivity index (χ1n) is 11.1. The number of ether oxygens (including phenoxy) is 1. The van der Waals surface area contributed by atoms with Crippen molar-refractivity contribution in [2.45, 2.75) is 39.3 Å². The third-order valence-electron chi connectivity index (χ3n) is 5.32. The number of benzene rings is 2. The Morgan fingerprint density at radius 2 is 1.80 bits per heavy atom. The zero-order valence-corrected chi connectivity index (χ0v) is 21.8. The van der Waals surface area contributed by atoms with Crippen LogP contribution in [0.3, 0.4) is 0 Å². The fraction of sp³-hybridized carbons (Fsp3) is 0.417. The number of carbonyl (C=O) groups is 2. The molecule has 0 saturated carbocycles. The summed E-state index contributed by atoms with van der Waals surface area (Å²) in [4.78, 5) is 27.8. The predicted molar refractivity (Wildman–Crippen MR) is 135 cm³/mol. The molecule has 2 amide bonds. The summed E-state index contributed by atoms with van der Waals surface area (Å²) in [5.41, 5.74) is 0.775. The van der Waals surface area contributed by atoms with E-state index in [4.69, 9.17) is 16.3 Å². The number of amides is 2. The molecule has 0 heterocycles. The molecule has 192 valence electrons. The second-order valence-electron chi connectivity index (χ2n) is 7.95. The highest BCUT2D eigenvalue weighted by atomic mass is 35.5. The number of methoxy groups -OCH3 is 1. The predicted octanol–water partition coefficient (Wildman–Crippen LogP) is 3.59. The van der Waals surface area contributed by atoms with Gasteiger partial charge in [0.05, 0.1) is 24.1 Å². The largest absolute Gasteiger partial charge is 0.497 e. The first-order chi connectivity index (χ1) is 16.5. The van der Waals surface area contributed by atoms with Gasteiger partial charge in [-0.3, -0.25) is 13.9 Å². The van der Waals surface area contributed by atoms with Gasteiger partial charge in [-0.1, -0.05) is 37.6 Å². The molecular formula is C24H31ClFN3O5S. The maximum Gasteiger partial charge on any atom is 0.244 e. The molecule has 0 radical (unpaired) electrons. The third kappa shape index (κ3) is 7.83. The van der Waals surface area contributed by atoms with Gasteiger partial charge in [-0.25, -0.2) is 12.8 Å². The van der Waals surface area contributed by atoms with E-state index in [1.807, 2.05) is 6.92 Å². The molecule has 0 bridgehead atoms. The van der Waals surface area contributed by atoms with Crippen LogP contribution in [0.2, 0.25) is 5.02 Å². The molecule has 2 aromatic rings. The first kappa shape index (κ1) is 28.4. The molecule has 0 fully saturated rings. The van der Waals surface area contributed by atoms with E-state index in [1.54, 1.807) is 31.2 Å². The van der Waals surface area contributed by atoms with Gasteiger partial charge >= 0.3 is 0 Å². The van der Waals surface area contributed by atoms with Crippen LogP contribution >= 0.6 is 11.6 Å². The third-order valence-corrected chi connectivity index (χ3v) is 6.75. The van der Waals surface area contributed by atoms with E-state index in [1.165, 1.54) is 18.1 Å². The van der Waals surface area contributed by atoms with E-state index in [0.29, 0.717) is 18.7 Å². The Labute approximate surface area is 211 Å². The van der Waals surface area contributed by atoms with Gasteiger partial charge in [0, 0.05) is 13.1 Å². The number of nitrogens with zero attached hydrogens (tertiary/aromatic N) is 2. The van der Waals surface area contributed by atoms with Gasteiger partial charge in [-0.2, -0.15) is 0 Å². The monoisotopic (exact) mass is 527 g/mol. The minimum absolute atomic E-state index is 0.0418. The van der Waals surface area contributed by atoms with Crippen molar-refractivity contribution in [1.82, 2.24) is 10.2 Å². The molecular weight excluding hydrogens is 497 g/mol. The Hall–Kier alpha value is -2.85. The smallest absolute Gasteiger partial charge is 0.244 e. The Kier molecular flexibility index (Phi) is 10.3. The maximum atomic E-state index is 13.7. The minimum atomic E-state index is -3.94. The molecule has 0 spiro atoms. The van der Waals surface area contributed by atoms with Gasteiger partial charge in [0.1, 0.15) is 24.2 Å². The van der Waals surface area contributed by atoms with Gasteiger partial charge in [-0.05, 0) is 48.7 Å². The summed E-state index contributed by atoms with van der Waals surface area (Å²) < 4.78 is 44.8. The quantitative estimate of drug-likeness (QED) is 0.455. The number of hydrogen-bond acceptors (Lipinski definition) is 5. The Morgan fingerprint density at radius 3 is 2.31 bits per heavy atom. The lowest BCUT2D eigenvalue weighted by molar-refractivity contribution is -0.140. The number of sulfonamides is 1. The highest BCUT2D eigenvalue weighted by molar-refractivity contribution is 7.92. The van der Waals surface area contributed by atoms with Crippen LogP contribution in [0, 0.1) is 5.82 Å². The van der Waals surface area contributed by atoms with Crippen molar-refractivity contribution in [2.75, 3.05) is 30.8 Å². The average molecular weight is 528 g/mol. The second-order valence-corrected chi connectivity index (χ2v) is 10.3. The van der Waals surface area contributed by atoms with Crippen LogP contribution in [-0.2, 0) is 26.2 Å². The molecule has 0 aromatic heterocycles. The van der Waals surface area contributed by atoms with Crippen LogP contribution in [0.15, 0.2) is 42.5 Å². The lowest BCUT2D eigenvalue weighted by atomic mass is 10.1. The van der Waals surface area contributed by atoms with Crippen molar-refractivity contribution in [2.24, 2.45) is 0 Å². The lowest BCUT2D eigenvalue weighted by Crippen LogP contribution is -2.52. The van der Waals surface area contributed by atoms with E-state index in [0.717, 1.165) is 34.7 Å². The standard InChI is InChI=1S/C24H31ClFN3O5S/c1-5-13-27-24(31)22(6-2)28(15-17-7-10-19(34-3)11-8-17)23(30)16-29(35(4,32)33)18-9-12-21(26)20(25)14-18/h7-12,14,22H,5-6,13,15-16H2,1-4H3,(H,27,31)/t22-/m1/s1. The van der Waals surface area contributed by atoms with Gasteiger partial charge < -0.3 is 15.0 Å². The van der Waals surface area contributed by atoms with Crippen molar-refractivity contribution >= 4 is 39.1 Å². The molecule has 35 heavy (non-hydrogen) atoms. The number of halogens is 2. The zero-order valence-electron chi connectivity index (χ0n) is 20.3. The normalized spacial score (nSPS) is 12.1. The molecule has 0 aliphatic heterocycles.